The van der Waals surface area contributed by atoms with Gasteiger partial charge >= 0.3 is 0 Å². The lowest BCUT2D eigenvalue weighted by Crippen LogP contribution is -2.26. The summed E-state index contributed by atoms with van der Waals surface area (Å²) in [5, 5.41) is 4.97. The van der Waals surface area contributed by atoms with Crippen molar-refractivity contribution < 1.29 is 9.53 Å². The van der Waals surface area contributed by atoms with Crippen molar-refractivity contribution in [3.8, 4) is 5.75 Å². The van der Waals surface area contributed by atoms with Gasteiger partial charge in [0.1, 0.15) is 5.75 Å². The van der Waals surface area contributed by atoms with Gasteiger partial charge in [0.2, 0.25) is 0 Å². The van der Waals surface area contributed by atoms with E-state index in [1.807, 2.05) is 36.6 Å². The number of benzene rings is 1. The summed E-state index contributed by atoms with van der Waals surface area (Å²) in [5.74, 6) is 0.555. The molecule has 3 nitrogen and oxygen atoms in total. The first-order valence-corrected chi connectivity index (χ1v) is 7.21. The van der Waals surface area contributed by atoms with Gasteiger partial charge < -0.3 is 10.1 Å². The Morgan fingerprint density at radius 2 is 2.11 bits per heavy atom. The molecule has 0 spiro atoms. The van der Waals surface area contributed by atoms with Gasteiger partial charge in [0.05, 0.1) is 12.2 Å². The number of nitrogens with one attached hydrogen (secondary N) is 1. The number of rotatable bonds is 6. The van der Waals surface area contributed by atoms with E-state index in [1.165, 1.54) is 4.88 Å². The summed E-state index contributed by atoms with van der Waals surface area (Å²) in [6.45, 7) is 3.10. The normalized spacial score (nSPS) is 10.2. The van der Waals surface area contributed by atoms with Gasteiger partial charge in [-0.05, 0) is 36.9 Å². The van der Waals surface area contributed by atoms with E-state index >= 15 is 0 Å². The summed E-state index contributed by atoms with van der Waals surface area (Å²) in [6, 6.07) is 11.4. The third-order valence-corrected chi connectivity index (χ3v) is 3.60. The maximum Gasteiger partial charge on any atom is 0.255 e. The molecule has 100 valence electrons. The summed E-state index contributed by atoms with van der Waals surface area (Å²) in [7, 11) is 0. The Balaban J connectivity index is 1.92. The fraction of sp³-hybridized carbons (Fsp3) is 0.267. The van der Waals surface area contributed by atoms with E-state index in [0.29, 0.717) is 24.5 Å². The lowest BCUT2D eigenvalue weighted by molar-refractivity contribution is 0.0950. The van der Waals surface area contributed by atoms with E-state index in [1.54, 1.807) is 17.4 Å². The van der Waals surface area contributed by atoms with E-state index in [4.69, 9.17) is 4.74 Å². The largest absolute Gasteiger partial charge is 0.493 e. The molecule has 2 rings (SSSR count). The third kappa shape index (κ3) is 3.83. The monoisotopic (exact) mass is 275 g/mol. The van der Waals surface area contributed by atoms with Crippen LogP contribution in [0.25, 0.3) is 0 Å². The van der Waals surface area contributed by atoms with Crippen LogP contribution < -0.4 is 10.1 Å². The Kier molecular flexibility index (Phi) is 4.98. The van der Waals surface area contributed by atoms with Gasteiger partial charge in [-0.1, -0.05) is 18.2 Å². The summed E-state index contributed by atoms with van der Waals surface area (Å²) in [5.41, 5.74) is 0.593. The number of carbonyl (C=O) groups is 1. The molecule has 0 atom stereocenters. The molecule has 2 aromatic rings. The molecule has 0 bridgehead atoms. The minimum atomic E-state index is -0.0828. The lowest BCUT2D eigenvalue weighted by atomic mass is 10.2. The van der Waals surface area contributed by atoms with Crippen LogP contribution >= 0.6 is 11.3 Å². The average Bonchev–Trinajstić information content (AvgIpc) is 2.93. The zero-order valence-corrected chi connectivity index (χ0v) is 11.7. The van der Waals surface area contributed by atoms with Gasteiger partial charge in [-0.2, -0.15) is 0 Å². The van der Waals surface area contributed by atoms with E-state index in [0.717, 1.165) is 6.42 Å². The molecule has 1 heterocycles. The molecule has 0 fully saturated rings. The molecule has 19 heavy (non-hydrogen) atoms. The number of thiophene rings is 1. The highest BCUT2D eigenvalue weighted by Crippen LogP contribution is 2.17. The Morgan fingerprint density at radius 3 is 2.84 bits per heavy atom. The second-order valence-electron chi connectivity index (χ2n) is 4.01. The van der Waals surface area contributed by atoms with Crippen molar-refractivity contribution in [1.82, 2.24) is 5.32 Å². The SMILES string of the molecule is CCOc1ccccc1C(=O)NCCc1cccs1. The third-order valence-electron chi connectivity index (χ3n) is 2.67. The Labute approximate surface area is 117 Å². The van der Waals surface area contributed by atoms with Gasteiger partial charge in [0, 0.05) is 11.4 Å². The molecule has 0 radical (unpaired) electrons. The molecule has 1 N–H and O–H groups in total. The summed E-state index contributed by atoms with van der Waals surface area (Å²) < 4.78 is 5.45. The summed E-state index contributed by atoms with van der Waals surface area (Å²) in [6.07, 6.45) is 0.861. The second-order valence-corrected chi connectivity index (χ2v) is 5.05. The first-order valence-electron chi connectivity index (χ1n) is 6.33. The molecule has 0 aliphatic rings. The maximum atomic E-state index is 12.1. The van der Waals surface area contributed by atoms with Crippen LogP contribution in [0.4, 0.5) is 0 Å². The quantitative estimate of drug-likeness (QED) is 0.879. The molecule has 1 aromatic carbocycles. The van der Waals surface area contributed by atoms with Crippen molar-refractivity contribution in [3.63, 3.8) is 0 Å². The fourth-order valence-corrected chi connectivity index (χ4v) is 2.49. The molecule has 0 saturated heterocycles. The fourth-order valence-electron chi connectivity index (χ4n) is 1.78. The molecule has 0 unspecified atom stereocenters. The first-order chi connectivity index (χ1) is 9.31. The van der Waals surface area contributed by atoms with Crippen LogP contribution in [-0.4, -0.2) is 19.1 Å². The minimum absolute atomic E-state index is 0.0828. The molecule has 0 aliphatic heterocycles. The number of hydrogen-bond donors (Lipinski definition) is 1. The van der Waals surface area contributed by atoms with E-state index < -0.39 is 0 Å². The van der Waals surface area contributed by atoms with Crippen molar-refractivity contribution in [2.24, 2.45) is 0 Å². The van der Waals surface area contributed by atoms with Gasteiger partial charge in [0.25, 0.3) is 5.91 Å². The van der Waals surface area contributed by atoms with Gasteiger partial charge in [0.15, 0.2) is 0 Å². The number of carbonyl (C=O) groups excluding carboxylic acids is 1. The van der Waals surface area contributed by atoms with Crippen molar-refractivity contribution in [3.05, 3.63) is 52.2 Å². The standard InChI is InChI=1S/C15H17NO2S/c1-2-18-14-8-4-3-7-13(14)15(17)16-10-9-12-6-5-11-19-12/h3-8,11H,2,9-10H2,1H3,(H,16,17). The Hall–Kier alpha value is -1.81. The summed E-state index contributed by atoms with van der Waals surface area (Å²) >= 11 is 1.71. The van der Waals surface area contributed by atoms with Crippen LogP contribution in [0.3, 0.4) is 0 Å². The van der Waals surface area contributed by atoms with E-state index in [9.17, 15) is 4.79 Å². The molecule has 0 aliphatic carbocycles. The van der Waals surface area contributed by atoms with Gasteiger partial charge in [-0.25, -0.2) is 0 Å². The average molecular weight is 275 g/mol. The number of para-hydroxylation sites is 1. The van der Waals surface area contributed by atoms with Crippen molar-refractivity contribution >= 4 is 17.2 Å². The zero-order valence-electron chi connectivity index (χ0n) is 10.9. The van der Waals surface area contributed by atoms with Crippen molar-refractivity contribution in [2.45, 2.75) is 13.3 Å². The number of ether oxygens (including phenoxy) is 1. The molecule has 4 heteroatoms. The van der Waals surface area contributed by atoms with Crippen LogP contribution in [-0.2, 0) is 6.42 Å². The predicted molar refractivity (Wildman–Crippen MR) is 78.0 cm³/mol. The molecule has 1 aromatic heterocycles. The predicted octanol–water partition coefficient (Wildman–Crippen LogP) is 3.12. The Bertz CT molecular complexity index is 523. The number of amides is 1. The maximum absolute atomic E-state index is 12.1. The highest BCUT2D eigenvalue weighted by atomic mass is 32.1. The smallest absolute Gasteiger partial charge is 0.255 e. The van der Waals surface area contributed by atoms with Crippen LogP contribution in [0.1, 0.15) is 22.2 Å². The first kappa shape index (κ1) is 13.6. The number of hydrogen-bond acceptors (Lipinski definition) is 3. The van der Waals surface area contributed by atoms with Crippen molar-refractivity contribution in [1.29, 1.82) is 0 Å². The van der Waals surface area contributed by atoms with E-state index in [2.05, 4.69) is 11.4 Å². The van der Waals surface area contributed by atoms with Crippen LogP contribution in [0.2, 0.25) is 0 Å². The summed E-state index contributed by atoms with van der Waals surface area (Å²) in [4.78, 5) is 13.4. The highest BCUT2D eigenvalue weighted by molar-refractivity contribution is 7.09. The molecule has 1 amide bonds. The lowest BCUT2D eigenvalue weighted by Gasteiger charge is -2.10. The van der Waals surface area contributed by atoms with Crippen molar-refractivity contribution in [2.75, 3.05) is 13.2 Å². The zero-order chi connectivity index (χ0) is 13.5. The van der Waals surface area contributed by atoms with Crippen LogP contribution in [0.15, 0.2) is 41.8 Å². The Morgan fingerprint density at radius 1 is 1.26 bits per heavy atom. The highest BCUT2D eigenvalue weighted by Gasteiger charge is 2.10. The van der Waals surface area contributed by atoms with E-state index in [-0.39, 0.29) is 5.91 Å². The second kappa shape index (κ2) is 6.95. The minimum Gasteiger partial charge on any atom is -0.493 e. The molecular weight excluding hydrogens is 258 g/mol. The molecule has 0 saturated carbocycles. The van der Waals surface area contributed by atoms with Gasteiger partial charge in [-0.15, -0.1) is 11.3 Å². The molecular formula is C15H17NO2S. The van der Waals surface area contributed by atoms with Crippen LogP contribution in [0, 0.1) is 0 Å². The van der Waals surface area contributed by atoms with Crippen LogP contribution in [0.5, 0.6) is 5.75 Å². The van der Waals surface area contributed by atoms with Gasteiger partial charge in [-0.3, -0.25) is 4.79 Å². The topological polar surface area (TPSA) is 38.3 Å².